The molecule has 0 aromatic heterocycles. The lowest BCUT2D eigenvalue weighted by atomic mass is 9.89. The molecule has 0 saturated carbocycles. The zero-order chi connectivity index (χ0) is 12.5. The van der Waals surface area contributed by atoms with Crippen molar-refractivity contribution < 1.29 is 9.53 Å². The Bertz CT molecular complexity index is 430. The van der Waals surface area contributed by atoms with E-state index in [4.69, 9.17) is 4.74 Å². The predicted molar refractivity (Wildman–Crippen MR) is 67.0 cm³/mol. The van der Waals surface area contributed by atoms with Crippen molar-refractivity contribution in [3.63, 3.8) is 0 Å². The number of methoxy groups -OCH3 is 1. The van der Waals surface area contributed by atoms with Crippen molar-refractivity contribution in [1.29, 1.82) is 0 Å². The quantitative estimate of drug-likeness (QED) is 0.794. The first-order chi connectivity index (χ1) is 8.05. The van der Waals surface area contributed by atoms with Gasteiger partial charge in [0.1, 0.15) is 5.54 Å². The molecule has 1 aliphatic heterocycles. The van der Waals surface area contributed by atoms with Crippen molar-refractivity contribution >= 4 is 5.97 Å². The van der Waals surface area contributed by atoms with Gasteiger partial charge in [-0.15, -0.1) is 0 Å². The Morgan fingerprint density at radius 1 is 1.53 bits per heavy atom. The molecule has 0 radical (unpaired) electrons. The molecular formula is C14H19NO2. The number of aryl methyl sites for hydroxylation is 1. The van der Waals surface area contributed by atoms with E-state index in [1.165, 1.54) is 18.2 Å². The smallest absolute Gasteiger partial charge is 0.325 e. The highest BCUT2D eigenvalue weighted by Gasteiger charge is 2.42. The molecule has 1 aliphatic rings. The van der Waals surface area contributed by atoms with Gasteiger partial charge in [-0.3, -0.25) is 4.79 Å². The molecule has 0 amide bonds. The average Bonchev–Trinajstić information content (AvgIpc) is 2.72. The fourth-order valence-corrected chi connectivity index (χ4v) is 2.53. The summed E-state index contributed by atoms with van der Waals surface area (Å²) >= 11 is 0. The van der Waals surface area contributed by atoms with Crippen molar-refractivity contribution in [1.82, 2.24) is 5.32 Å². The Morgan fingerprint density at radius 3 is 2.94 bits per heavy atom. The molecule has 2 atom stereocenters. The number of carbonyl (C=O) groups is 1. The number of esters is 1. The van der Waals surface area contributed by atoms with E-state index in [2.05, 4.69) is 36.5 Å². The van der Waals surface area contributed by atoms with E-state index in [9.17, 15) is 4.79 Å². The maximum absolute atomic E-state index is 11.7. The van der Waals surface area contributed by atoms with E-state index < -0.39 is 5.54 Å². The van der Waals surface area contributed by atoms with Gasteiger partial charge >= 0.3 is 5.97 Å². The maximum atomic E-state index is 11.7. The van der Waals surface area contributed by atoms with Crippen LogP contribution in [-0.2, 0) is 9.53 Å². The molecule has 1 N–H and O–H groups in total. The van der Waals surface area contributed by atoms with Gasteiger partial charge in [-0.1, -0.05) is 29.8 Å². The van der Waals surface area contributed by atoms with Gasteiger partial charge in [0.25, 0.3) is 0 Å². The molecule has 3 nitrogen and oxygen atoms in total. The molecule has 92 valence electrons. The average molecular weight is 233 g/mol. The Labute approximate surface area is 102 Å². The van der Waals surface area contributed by atoms with Crippen LogP contribution in [0, 0.1) is 6.92 Å². The number of ether oxygens (including phenoxy) is 1. The summed E-state index contributed by atoms with van der Waals surface area (Å²) < 4.78 is 4.84. The third kappa shape index (κ3) is 2.34. The van der Waals surface area contributed by atoms with Crippen LogP contribution < -0.4 is 5.32 Å². The van der Waals surface area contributed by atoms with E-state index in [0.29, 0.717) is 5.92 Å². The van der Waals surface area contributed by atoms with Crippen LogP contribution in [0.5, 0.6) is 0 Å². The Kier molecular flexibility index (Phi) is 3.20. The fraction of sp³-hybridized carbons (Fsp3) is 0.500. The van der Waals surface area contributed by atoms with Gasteiger partial charge in [0, 0.05) is 6.54 Å². The van der Waals surface area contributed by atoms with Crippen molar-refractivity contribution in [2.24, 2.45) is 0 Å². The summed E-state index contributed by atoms with van der Waals surface area (Å²) in [4.78, 5) is 11.7. The lowest BCUT2D eigenvalue weighted by Gasteiger charge is -2.20. The normalized spacial score (nSPS) is 28.1. The first-order valence-electron chi connectivity index (χ1n) is 5.95. The first kappa shape index (κ1) is 12.1. The summed E-state index contributed by atoms with van der Waals surface area (Å²) in [6.07, 6.45) is 0.795. The van der Waals surface area contributed by atoms with Gasteiger partial charge in [-0.05, 0) is 31.7 Å². The highest BCUT2D eigenvalue weighted by molar-refractivity contribution is 5.80. The molecule has 1 aromatic rings. The number of nitrogens with one attached hydrogen (secondary N) is 1. The SMILES string of the molecule is COC(=O)C1(C)CC(c2cccc(C)c2)CN1. The molecule has 0 aliphatic carbocycles. The van der Waals surface area contributed by atoms with E-state index >= 15 is 0 Å². The number of hydrogen-bond donors (Lipinski definition) is 1. The van der Waals surface area contributed by atoms with E-state index in [0.717, 1.165) is 13.0 Å². The summed E-state index contributed by atoms with van der Waals surface area (Å²) in [6, 6.07) is 8.47. The first-order valence-corrected chi connectivity index (χ1v) is 5.95. The number of hydrogen-bond acceptors (Lipinski definition) is 3. The molecule has 0 spiro atoms. The van der Waals surface area contributed by atoms with Gasteiger partial charge in [0.05, 0.1) is 7.11 Å². The van der Waals surface area contributed by atoms with Crippen LogP contribution in [0.1, 0.15) is 30.4 Å². The zero-order valence-corrected chi connectivity index (χ0v) is 10.6. The highest BCUT2D eigenvalue weighted by atomic mass is 16.5. The minimum Gasteiger partial charge on any atom is -0.468 e. The zero-order valence-electron chi connectivity index (χ0n) is 10.6. The minimum atomic E-state index is -0.539. The summed E-state index contributed by atoms with van der Waals surface area (Å²) in [5.41, 5.74) is 2.02. The van der Waals surface area contributed by atoms with E-state index in [1.807, 2.05) is 6.92 Å². The van der Waals surface area contributed by atoms with Crippen LogP contribution in [0.15, 0.2) is 24.3 Å². The minimum absolute atomic E-state index is 0.173. The molecule has 2 unspecified atom stereocenters. The van der Waals surface area contributed by atoms with Crippen LogP contribution in [0.3, 0.4) is 0 Å². The van der Waals surface area contributed by atoms with Crippen LogP contribution in [0.2, 0.25) is 0 Å². The second-order valence-corrected chi connectivity index (χ2v) is 5.02. The third-order valence-corrected chi connectivity index (χ3v) is 3.54. The predicted octanol–water partition coefficient (Wildman–Crippen LogP) is 2.00. The van der Waals surface area contributed by atoms with Crippen LogP contribution in [0.25, 0.3) is 0 Å². The van der Waals surface area contributed by atoms with Crippen molar-refractivity contribution in [2.75, 3.05) is 13.7 Å². The molecule has 1 saturated heterocycles. The lowest BCUT2D eigenvalue weighted by Crippen LogP contribution is -2.45. The number of rotatable bonds is 2. The van der Waals surface area contributed by atoms with E-state index in [-0.39, 0.29) is 5.97 Å². The second-order valence-electron chi connectivity index (χ2n) is 5.02. The summed E-state index contributed by atoms with van der Waals surface area (Å²) in [6.45, 7) is 4.83. The summed E-state index contributed by atoms with van der Waals surface area (Å²) in [7, 11) is 1.44. The van der Waals surface area contributed by atoms with Gasteiger partial charge in [-0.2, -0.15) is 0 Å². The van der Waals surface area contributed by atoms with Crippen molar-refractivity contribution in [3.05, 3.63) is 35.4 Å². The largest absolute Gasteiger partial charge is 0.468 e. The molecule has 3 heteroatoms. The molecule has 1 fully saturated rings. The topological polar surface area (TPSA) is 38.3 Å². The number of carbonyl (C=O) groups excluding carboxylic acids is 1. The standard InChI is InChI=1S/C14H19NO2/c1-10-5-4-6-11(7-10)12-8-14(2,15-9-12)13(16)17-3/h4-7,12,15H,8-9H2,1-3H3. The maximum Gasteiger partial charge on any atom is 0.325 e. The monoisotopic (exact) mass is 233 g/mol. The van der Waals surface area contributed by atoms with Crippen molar-refractivity contribution in [2.45, 2.75) is 31.7 Å². The second kappa shape index (κ2) is 4.49. The Hall–Kier alpha value is -1.35. The fourth-order valence-electron chi connectivity index (χ4n) is 2.53. The molecule has 2 rings (SSSR count). The Morgan fingerprint density at radius 2 is 2.29 bits per heavy atom. The molecule has 1 aromatic carbocycles. The van der Waals surface area contributed by atoms with Crippen molar-refractivity contribution in [3.8, 4) is 0 Å². The lowest BCUT2D eigenvalue weighted by molar-refractivity contribution is -0.147. The number of benzene rings is 1. The van der Waals surface area contributed by atoms with Gasteiger partial charge in [0.2, 0.25) is 0 Å². The van der Waals surface area contributed by atoms with Crippen LogP contribution >= 0.6 is 0 Å². The summed E-state index contributed by atoms with van der Waals surface area (Å²) in [5, 5.41) is 3.28. The van der Waals surface area contributed by atoms with Gasteiger partial charge in [-0.25, -0.2) is 0 Å². The molecule has 17 heavy (non-hydrogen) atoms. The molecule has 1 heterocycles. The summed E-state index contributed by atoms with van der Waals surface area (Å²) in [5.74, 6) is 0.214. The van der Waals surface area contributed by atoms with Crippen LogP contribution in [0.4, 0.5) is 0 Å². The molecular weight excluding hydrogens is 214 g/mol. The van der Waals surface area contributed by atoms with Gasteiger partial charge < -0.3 is 10.1 Å². The highest BCUT2D eigenvalue weighted by Crippen LogP contribution is 2.32. The Balaban J connectivity index is 2.15. The van der Waals surface area contributed by atoms with Gasteiger partial charge in [0.15, 0.2) is 0 Å². The third-order valence-electron chi connectivity index (χ3n) is 3.54. The molecule has 0 bridgehead atoms. The van der Waals surface area contributed by atoms with E-state index in [1.54, 1.807) is 0 Å². The van der Waals surface area contributed by atoms with Crippen LogP contribution in [-0.4, -0.2) is 25.2 Å².